The number of halogens is 1. The highest BCUT2D eigenvalue weighted by Gasteiger charge is 2.21. The maximum absolute atomic E-state index is 6.00. The van der Waals surface area contributed by atoms with Crippen LogP contribution in [0.2, 0.25) is 5.02 Å². The van der Waals surface area contributed by atoms with Gasteiger partial charge in [0.1, 0.15) is 0 Å². The van der Waals surface area contributed by atoms with E-state index in [1.54, 1.807) is 0 Å². The molecule has 0 spiro atoms. The van der Waals surface area contributed by atoms with Crippen molar-refractivity contribution in [3.63, 3.8) is 0 Å². The van der Waals surface area contributed by atoms with Gasteiger partial charge in [0.05, 0.1) is 5.69 Å². The van der Waals surface area contributed by atoms with Crippen LogP contribution in [0.25, 0.3) is 11.0 Å². The quantitative estimate of drug-likeness (QED) is 0.827. The fourth-order valence-electron chi connectivity index (χ4n) is 2.32. The molecule has 0 saturated carbocycles. The van der Waals surface area contributed by atoms with E-state index in [-0.39, 0.29) is 0 Å². The molecule has 1 aromatic carbocycles. The largest absolute Gasteiger partial charge is 0.356 e. The van der Waals surface area contributed by atoms with Gasteiger partial charge in [-0.15, -0.1) is 0 Å². The number of hydrogen-bond acceptors (Lipinski definition) is 3. The van der Waals surface area contributed by atoms with Crippen LogP contribution in [-0.2, 0) is 0 Å². The number of rotatable bonds is 1. The number of fused-ring (bicyclic) bond motifs is 1. The van der Waals surface area contributed by atoms with Gasteiger partial charge in [-0.2, -0.15) is 0 Å². The van der Waals surface area contributed by atoms with Crippen LogP contribution in [0, 0.1) is 0 Å². The highest BCUT2D eigenvalue weighted by atomic mass is 35.5. The molecule has 0 atom stereocenters. The molecule has 1 N–H and O–H groups in total. The lowest BCUT2D eigenvalue weighted by Crippen LogP contribution is -2.26. The van der Waals surface area contributed by atoms with Gasteiger partial charge in [0.15, 0.2) is 5.58 Å². The normalized spacial score (nSPS) is 18.1. The Morgan fingerprint density at radius 2 is 2.12 bits per heavy atom. The Kier molecular flexibility index (Phi) is 2.58. The second-order valence-corrected chi connectivity index (χ2v) is 4.67. The van der Waals surface area contributed by atoms with Crippen LogP contribution in [0.15, 0.2) is 22.7 Å². The Labute approximate surface area is 98.8 Å². The predicted octanol–water partition coefficient (Wildman–Crippen LogP) is 2.95. The second-order valence-electron chi connectivity index (χ2n) is 4.23. The predicted molar refractivity (Wildman–Crippen MR) is 63.9 cm³/mol. The molecule has 16 heavy (non-hydrogen) atoms. The van der Waals surface area contributed by atoms with Crippen molar-refractivity contribution in [1.82, 2.24) is 10.5 Å². The van der Waals surface area contributed by atoms with Crippen LogP contribution in [0.1, 0.15) is 24.5 Å². The van der Waals surface area contributed by atoms with Gasteiger partial charge in [-0.05, 0) is 44.1 Å². The first-order chi connectivity index (χ1) is 7.84. The van der Waals surface area contributed by atoms with Gasteiger partial charge in [-0.25, -0.2) is 0 Å². The number of aromatic nitrogens is 1. The van der Waals surface area contributed by atoms with E-state index in [0.717, 1.165) is 47.6 Å². The SMILES string of the molecule is Clc1ccc2onc(C3CCNCC3)c2c1. The summed E-state index contributed by atoms with van der Waals surface area (Å²) < 4.78 is 5.33. The van der Waals surface area contributed by atoms with E-state index in [1.165, 1.54) is 0 Å². The van der Waals surface area contributed by atoms with E-state index >= 15 is 0 Å². The van der Waals surface area contributed by atoms with E-state index in [4.69, 9.17) is 16.1 Å². The molecule has 1 aromatic heterocycles. The molecule has 1 saturated heterocycles. The van der Waals surface area contributed by atoms with Crippen molar-refractivity contribution in [1.29, 1.82) is 0 Å². The third-order valence-electron chi connectivity index (χ3n) is 3.19. The first-order valence-corrected chi connectivity index (χ1v) is 5.98. The van der Waals surface area contributed by atoms with E-state index in [0.29, 0.717) is 5.92 Å². The van der Waals surface area contributed by atoms with Crippen molar-refractivity contribution in [2.45, 2.75) is 18.8 Å². The summed E-state index contributed by atoms with van der Waals surface area (Å²) >= 11 is 6.00. The molecule has 1 aliphatic heterocycles. The lowest BCUT2D eigenvalue weighted by atomic mass is 9.93. The molecule has 0 bridgehead atoms. The number of nitrogens with one attached hydrogen (secondary N) is 1. The molecule has 3 nitrogen and oxygen atoms in total. The molecular formula is C12H13ClN2O. The summed E-state index contributed by atoms with van der Waals surface area (Å²) in [6, 6.07) is 5.67. The van der Waals surface area contributed by atoms with E-state index in [9.17, 15) is 0 Å². The maximum Gasteiger partial charge on any atom is 0.167 e. The molecule has 4 heteroatoms. The standard InChI is InChI=1S/C12H13ClN2O/c13-9-1-2-11-10(7-9)12(15-16-11)8-3-5-14-6-4-8/h1-2,7-8,14H,3-6H2. The zero-order valence-corrected chi connectivity index (χ0v) is 9.63. The van der Waals surface area contributed by atoms with Crippen molar-refractivity contribution < 1.29 is 4.52 Å². The van der Waals surface area contributed by atoms with Gasteiger partial charge < -0.3 is 9.84 Å². The average Bonchev–Trinajstić information content (AvgIpc) is 2.73. The Bertz CT molecular complexity index is 503. The molecule has 3 rings (SSSR count). The molecule has 1 aliphatic rings. The third kappa shape index (κ3) is 1.70. The van der Waals surface area contributed by atoms with Crippen molar-refractivity contribution in [2.24, 2.45) is 0 Å². The van der Waals surface area contributed by atoms with Crippen molar-refractivity contribution in [2.75, 3.05) is 13.1 Å². The van der Waals surface area contributed by atoms with Crippen LogP contribution in [-0.4, -0.2) is 18.2 Å². The van der Waals surface area contributed by atoms with Gasteiger partial charge in [0.2, 0.25) is 0 Å². The van der Waals surface area contributed by atoms with E-state index in [1.807, 2.05) is 18.2 Å². The topological polar surface area (TPSA) is 38.1 Å². The lowest BCUT2D eigenvalue weighted by molar-refractivity contribution is 0.404. The maximum atomic E-state index is 6.00. The molecule has 0 unspecified atom stereocenters. The number of hydrogen-bond donors (Lipinski definition) is 1. The van der Waals surface area contributed by atoms with Crippen LogP contribution in [0.3, 0.4) is 0 Å². The Morgan fingerprint density at radius 1 is 1.31 bits per heavy atom. The summed E-state index contributed by atoms with van der Waals surface area (Å²) in [5, 5.41) is 9.36. The minimum Gasteiger partial charge on any atom is -0.356 e. The van der Waals surface area contributed by atoms with Crippen molar-refractivity contribution in [3.8, 4) is 0 Å². The van der Waals surface area contributed by atoms with Gasteiger partial charge >= 0.3 is 0 Å². The van der Waals surface area contributed by atoms with Crippen molar-refractivity contribution >= 4 is 22.6 Å². The third-order valence-corrected chi connectivity index (χ3v) is 3.42. The van der Waals surface area contributed by atoms with Crippen LogP contribution >= 0.6 is 11.6 Å². The molecule has 2 heterocycles. The summed E-state index contributed by atoms with van der Waals surface area (Å²) in [6.45, 7) is 2.11. The summed E-state index contributed by atoms with van der Waals surface area (Å²) in [5.41, 5.74) is 1.90. The number of piperidine rings is 1. The molecule has 1 fully saturated rings. The molecule has 2 aromatic rings. The fraction of sp³-hybridized carbons (Fsp3) is 0.417. The molecule has 84 valence electrons. The first-order valence-electron chi connectivity index (χ1n) is 5.60. The highest BCUT2D eigenvalue weighted by Crippen LogP contribution is 2.31. The zero-order valence-electron chi connectivity index (χ0n) is 8.87. The van der Waals surface area contributed by atoms with Crippen LogP contribution in [0.4, 0.5) is 0 Å². The summed E-state index contributed by atoms with van der Waals surface area (Å²) in [7, 11) is 0. The minimum atomic E-state index is 0.501. The Balaban J connectivity index is 2.05. The summed E-state index contributed by atoms with van der Waals surface area (Å²) in [5.74, 6) is 0.501. The lowest BCUT2D eigenvalue weighted by Gasteiger charge is -2.20. The average molecular weight is 237 g/mol. The monoisotopic (exact) mass is 236 g/mol. The Morgan fingerprint density at radius 3 is 2.94 bits per heavy atom. The number of benzene rings is 1. The number of nitrogens with zero attached hydrogens (tertiary/aromatic N) is 1. The van der Waals surface area contributed by atoms with Gasteiger partial charge in [0, 0.05) is 16.3 Å². The summed E-state index contributed by atoms with van der Waals surface area (Å²) in [6.07, 6.45) is 2.24. The Hall–Kier alpha value is -1.06. The van der Waals surface area contributed by atoms with Crippen LogP contribution in [0.5, 0.6) is 0 Å². The van der Waals surface area contributed by atoms with Crippen LogP contribution < -0.4 is 5.32 Å². The van der Waals surface area contributed by atoms with Gasteiger partial charge in [-0.3, -0.25) is 0 Å². The summed E-state index contributed by atoms with van der Waals surface area (Å²) in [4.78, 5) is 0. The smallest absolute Gasteiger partial charge is 0.167 e. The van der Waals surface area contributed by atoms with Gasteiger partial charge in [-0.1, -0.05) is 16.8 Å². The van der Waals surface area contributed by atoms with Crippen molar-refractivity contribution in [3.05, 3.63) is 28.9 Å². The fourth-order valence-corrected chi connectivity index (χ4v) is 2.49. The molecule has 0 amide bonds. The zero-order chi connectivity index (χ0) is 11.0. The second kappa shape index (κ2) is 4.07. The highest BCUT2D eigenvalue weighted by molar-refractivity contribution is 6.31. The molecule has 0 aliphatic carbocycles. The van der Waals surface area contributed by atoms with E-state index < -0.39 is 0 Å². The minimum absolute atomic E-state index is 0.501. The van der Waals surface area contributed by atoms with Gasteiger partial charge in [0.25, 0.3) is 0 Å². The molecular weight excluding hydrogens is 224 g/mol. The first kappa shape index (κ1) is 10.1. The van der Waals surface area contributed by atoms with E-state index in [2.05, 4.69) is 10.5 Å². The molecule has 0 radical (unpaired) electrons.